The number of rotatable bonds is 5. The zero-order valence-corrected chi connectivity index (χ0v) is 13.7. The zero-order chi connectivity index (χ0) is 17.0. The van der Waals surface area contributed by atoms with Gasteiger partial charge in [-0.1, -0.05) is 11.6 Å². The number of amides is 1. The largest absolute Gasteiger partial charge is 0.495 e. The molecule has 0 saturated heterocycles. The molecule has 0 bridgehead atoms. The maximum Gasteiger partial charge on any atom is 0.342 e. The van der Waals surface area contributed by atoms with Crippen LogP contribution in [0.4, 0.5) is 5.69 Å². The van der Waals surface area contributed by atoms with Crippen LogP contribution in [0.15, 0.2) is 28.9 Å². The third-order valence-corrected chi connectivity index (χ3v) is 3.58. The summed E-state index contributed by atoms with van der Waals surface area (Å²) in [4.78, 5) is 23.7. The van der Waals surface area contributed by atoms with E-state index in [1.165, 1.54) is 19.4 Å². The predicted octanol–water partition coefficient (Wildman–Crippen LogP) is 3.35. The highest BCUT2D eigenvalue weighted by molar-refractivity contribution is 6.31. The molecule has 0 saturated carbocycles. The minimum absolute atomic E-state index is 0.290. The van der Waals surface area contributed by atoms with Gasteiger partial charge in [0.15, 0.2) is 6.61 Å². The summed E-state index contributed by atoms with van der Waals surface area (Å²) in [5.41, 5.74) is 1.53. The number of hydrogen-bond acceptors (Lipinski definition) is 5. The van der Waals surface area contributed by atoms with Crippen molar-refractivity contribution < 1.29 is 23.5 Å². The van der Waals surface area contributed by atoms with Crippen LogP contribution >= 0.6 is 11.6 Å². The van der Waals surface area contributed by atoms with Gasteiger partial charge in [0.05, 0.1) is 19.1 Å². The summed E-state index contributed by atoms with van der Waals surface area (Å²) in [5.74, 6) is -0.249. The smallest absolute Gasteiger partial charge is 0.342 e. The summed E-state index contributed by atoms with van der Waals surface area (Å²) in [6.07, 6.45) is 1.38. The Hall–Kier alpha value is -2.47. The first kappa shape index (κ1) is 16.9. The molecule has 23 heavy (non-hydrogen) atoms. The van der Waals surface area contributed by atoms with Crippen LogP contribution < -0.4 is 10.1 Å². The number of hydrogen-bond donors (Lipinski definition) is 1. The molecule has 0 fully saturated rings. The van der Waals surface area contributed by atoms with Crippen molar-refractivity contribution in [1.29, 1.82) is 0 Å². The van der Waals surface area contributed by atoms with Crippen LogP contribution in [0.5, 0.6) is 5.75 Å². The Morgan fingerprint density at radius 1 is 1.30 bits per heavy atom. The van der Waals surface area contributed by atoms with Crippen molar-refractivity contribution in [3.05, 3.63) is 46.4 Å². The summed E-state index contributed by atoms with van der Waals surface area (Å²) in [6, 6.07) is 4.77. The second-order valence-corrected chi connectivity index (χ2v) is 5.22. The third kappa shape index (κ3) is 4.04. The van der Waals surface area contributed by atoms with Crippen LogP contribution in [0, 0.1) is 13.8 Å². The molecule has 1 aromatic carbocycles. The topological polar surface area (TPSA) is 77.8 Å². The maximum atomic E-state index is 11.9. The van der Waals surface area contributed by atoms with Crippen LogP contribution in [-0.4, -0.2) is 25.6 Å². The van der Waals surface area contributed by atoms with Crippen LogP contribution in [0.3, 0.4) is 0 Å². The van der Waals surface area contributed by atoms with E-state index < -0.39 is 18.5 Å². The lowest BCUT2D eigenvalue weighted by Gasteiger charge is -2.12. The van der Waals surface area contributed by atoms with Gasteiger partial charge in [-0.2, -0.15) is 0 Å². The van der Waals surface area contributed by atoms with Gasteiger partial charge in [0.25, 0.3) is 5.91 Å². The van der Waals surface area contributed by atoms with Crippen molar-refractivity contribution in [3.63, 3.8) is 0 Å². The molecule has 2 aromatic rings. The second-order valence-electron chi connectivity index (χ2n) is 4.82. The van der Waals surface area contributed by atoms with Crippen LogP contribution in [0.2, 0.25) is 5.02 Å². The molecule has 0 aliphatic carbocycles. The van der Waals surface area contributed by atoms with Crippen molar-refractivity contribution in [3.8, 4) is 5.75 Å². The minimum Gasteiger partial charge on any atom is -0.495 e. The molecule has 122 valence electrons. The van der Waals surface area contributed by atoms with Gasteiger partial charge in [0, 0.05) is 11.1 Å². The fourth-order valence-electron chi connectivity index (χ4n) is 1.92. The summed E-state index contributed by atoms with van der Waals surface area (Å²) >= 11 is 6.00. The molecule has 0 aliphatic heterocycles. The number of anilines is 1. The standard InChI is InChI=1S/C16H16ClNO5/c1-9-6-13(14(21-3)7-12(9)17)18-15(19)8-23-16(20)11-4-5-22-10(11)2/h4-7H,8H2,1-3H3,(H,18,19). The van der Waals surface area contributed by atoms with Crippen molar-refractivity contribution in [2.75, 3.05) is 19.0 Å². The van der Waals surface area contributed by atoms with E-state index in [1.807, 2.05) is 0 Å². The molecular weight excluding hydrogens is 322 g/mol. The Labute approximate surface area is 138 Å². The lowest BCUT2D eigenvalue weighted by molar-refractivity contribution is -0.119. The first-order valence-corrected chi connectivity index (χ1v) is 7.15. The van der Waals surface area contributed by atoms with E-state index in [2.05, 4.69) is 5.32 Å². The number of carbonyl (C=O) groups is 2. The molecule has 0 atom stereocenters. The Morgan fingerprint density at radius 2 is 2.04 bits per heavy atom. The second kappa shape index (κ2) is 7.19. The molecule has 6 nitrogen and oxygen atoms in total. The SMILES string of the molecule is COc1cc(Cl)c(C)cc1NC(=O)COC(=O)c1ccoc1C. The van der Waals surface area contributed by atoms with Crippen LogP contribution in [0.1, 0.15) is 21.7 Å². The maximum absolute atomic E-state index is 11.9. The molecule has 2 rings (SSSR count). The Bertz CT molecular complexity index is 738. The summed E-state index contributed by atoms with van der Waals surface area (Å²) in [7, 11) is 1.47. The van der Waals surface area contributed by atoms with Crippen molar-refractivity contribution >= 4 is 29.2 Å². The van der Waals surface area contributed by atoms with E-state index in [0.717, 1.165) is 5.56 Å². The van der Waals surface area contributed by atoms with Crippen molar-refractivity contribution in [1.82, 2.24) is 0 Å². The monoisotopic (exact) mass is 337 g/mol. The van der Waals surface area contributed by atoms with Crippen molar-refractivity contribution in [2.24, 2.45) is 0 Å². The Kier molecular flexibility index (Phi) is 5.28. The van der Waals surface area contributed by atoms with E-state index in [0.29, 0.717) is 22.2 Å². The molecule has 0 radical (unpaired) electrons. The molecular formula is C16H16ClNO5. The molecule has 0 spiro atoms. The normalized spacial score (nSPS) is 10.3. The van der Waals surface area contributed by atoms with Gasteiger partial charge in [-0.25, -0.2) is 4.79 Å². The van der Waals surface area contributed by atoms with Gasteiger partial charge in [0.1, 0.15) is 17.1 Å². The van der Waals surface area contributed by atoms with Crippen LogP contribution in [0.25, 0.3) is 0 Å². The molecule has 1 aromatic heterocycles. The number of benzene rings is 1. The van der Waals surface area contributed by atoms with Gasteiger partial charge in [-0.3, -0.25) is 4.79 Å². The molecule has 1 N–H and O–H groups in total. The predicted molar refractivity (Wildman–Crippen MR) is 85.1 cm³/mol. The quantitative estimate of drug-likeness (QED) is 0.846. The van der Waals surface area contributed by atoms with E-state index in [1.54, 1.807) is 26.0 Å². The lowest BCUT2D eigenvalue weighted by Crippen LogP contribution is -2.21. The Morgan fingerprint density at radius 3 is 2.65 bits per heavy atom. The van der Waals surface area contributed by atoms with Gasteiger partial charge in [0.2, 0.25) is 0 Å². The minimum atomic E-state index is -0.620. The number of methoxy groups -OCH3 is 1. The van der Waals surface area contributed by atoms with Gasteiger partial charge < -0.3 is 19.2 Å². The van der Waals surface area contributed by atoms with E-state index in [4.69, 9.17) is 25.5 Å². The highest BCUT2D eigenvalue weighted by Crippen LogP contribution is 2.30. The number of aryl methyl sites for hydroxylation is 2. The Balaban J connectivity index is 1.99. The van der Waals surface area contributed by atoms with E-state index >= 15 is 0 Å². The first-order valence-electron chi connectivity index (χ1n) is 6.77. The highest BCUT2D eigenvalue weighted by atomic mass is 35.5. The number of halogens is 1. The molecule has 1 amide bonds. The molecule has 7 heteroatoms. The molecule has 0 unspecified atom stereocenters. The average Bonchev–Trinajstić information content (AvgIpc) is 2.94. The van der Waals surface area contributed by atoms with Gasteiger partial charge in [-0.15, -0.1) is 0 Å². The van der Waals surface area contributed by atoms with E-state index in [9.17, 15) is 9.59 Å². The number of furan rings is 1. The lowest BCUT2D eigenvalue weighted by atomic mass is 10.2. The highest BCUT2D eigenvalue weighted by Gasteiger charge is 2.16. The number of ether oxygens (including phenoxy) is 2. The van der Waals surface area contributed by atoms with E-state index in [-0.39, 0.29) is 5.56 Å². The summed E-state index contributed by atoms with van der Waals surface area (Å²) in [6.45, 7) is 3.02. The molecule has 1 heterocycles. The number of nitrogens with one attached hydrogen (secondary N) is 1. The first-order chi connectivity index (χ1) is 10.9. The average molecular weight is 338 g/mol. The van der Waals surface area contributed by atoms with Gasteiger partial charge in [-0.05, 0) is 31.5 Å². The number of carbonyl (C=O) groups excluding carboxylic acids is 2. The number of esters is 1. The van der Waals surface area contributed by atoms with Crippen molar-refractivity contribution in [2.45, 2.75) is 13.8 Å². The van der Waals surface area contributed by atoms with Crippen LogP contribution in [-0.2, 0) is 9.53 Å². The summed E-state index contributed by atoms with van der Waals surface area (Å²) < 4.78 is 15.1. The zero-order valence-electron chi connectivity index (χ0n) is 12.9. The molecule has 0 aliphatic rings. The summed E-state index contributed by atoms with van der Waals surface area (Å²) in [5, 5.41) is 3.15. The fraction of sp³-hybridized carbons (Fsp3) is 0.250. The van der Waals surface area contributed by atoms with Gasteiger partial charge >= 0.3 is 5.97 Å². The fourth-order valence-corrected chi connectivity index (χ4v) is 2.08. The third-order valence-electron chi connectivity index (χ3n) is 3.17.